The lowest BCUT2D eigenvalue weighted by Crippen LogP contribution is -2.68. The number of Topliss-reactive ketones (excluding diaryl/α,β-unsaturated/α-hetero) is 1. The number of rotatable bonds is 20. The molecular weight excluding hydrogens is 634 g/mol. The van der Waals surface area contributed by atoms with Crippen LogP contribution in [0.3, 0.4) is 0 Å². The molecule has 2 aliphatic rings. The third kappa shape index (κ3) is 10.1. The summed E-state index contributed by atoms with van der Waals surface area (Å²) >= 11 is 1.73. The van der Waals surface area contributed by atoms with Crippen molar-refractivity contribution < 1.29 is 28.3 Å². The predicted octanol–water partition coefficient (Wildman–Crippen LogP) is 7.99. The van der Waals surface area contributed by atoms with E-state index in [1.807, 2.05) is 37.3 Å². The van der Waals surface area contributed by atoms with Gasteiger partial charge >= 0.3 is 5.97 Å². The number of amides is 1. The molecule has 0 radical (unpaired) electrons. The van der Waals surface area contributed by atoms with Crippen molar-refractivity contribution in [1.82, 2.24) is 4.90 Å². The number of hydrogen-bond donors (Lipinski definition) is 0. The number of methoxy groups -OCH3 is 1. The number of hydrogen-bond acceptors (Lipinski definition) is 7. The highest BCUT2D eigenvalue weighted by Gasteiger charge is 2.55. The van der Waals surface area contributed by atoms with Gasteiger partial charge in [-0.3, -0.25) is 9.59 Å². The van der Waals surface area contributed by atoms with Crippen LogP contribution in [0.2, 0.25) is 19.6 Å². The number of β-lactam (4-membered cyclic amide) rings is 1. The van der Waals surface area contributed by atoms with Crippen molar-refractivity contribution in [3.05, 3.63) is 41.5 Å². The Labute approximate surface area is 283 Å². The molecule has 1 saturated heterocycles. The number of ether oxygens (including phenoxy) is 2. The molecule has 2 aliphatic heterocycles. The first-order valence-corrected chi connectivity index (χ1v) is 24.2. The fourth-order valence-corrected chi connectivity index (χ4v) is 14.0. The number of likely N-dealkylation sites (tertiary alicyclic amines) is 1. The maximum atomic E-state index is 14.6. The van der Waals surface area contributed by atoms with Crippen LogP contribution < -0.4 is 4.74 Å². The first kappa shape index (κ1) is 38.6. The summed E-state index contributed by atoms with van der Waals surface area (Å²) in [5.41, 5.74) is 2.26. The molecule has 258 valence electrons. The van der Waals surface area contributed by atoms with Crippen LogP contribution in [0.15, 0.2) is 35.9 Å². The van der Waals surface area contributed by atoms with E-state index >= 15 is 0 Å². The van der Waals surface area contributed by atoms with Gasteiger partial charge in [0, 0.05) is 23.5 Å². The highest BCUT2D eigenvalue weighted by atomic mass is 32.2. The second-order valence-electron chi connectivity index (χ2n) is 13.7. The van der Waals surface area contributed by atoms with E-state index in [2.05, 4.69) is 40.4 Å². The number of esters is 1. The molecule has 0 spiro atoms. The SMILES string of the molecule is CCCCP(CCCC)(CCCC)=C(C(=O)OCc1ccc(OC)cc1)N1C(=O)[C@H]([C@@H](C)O[Si](C)(C)C)[C@H]1CC(=O)C1=CCSC1. The molecule has 10 heteroatoms. The van der Waals surface area contributed by atoms with E-state index in [1.165, 1.54) is 0 Å². The van der Waals surface area contributed by atoms with Crippen molar-refractivity contribution in [3.63, 3.8) is 0 Å². The Bertz CT molecular complexity index is 1250. The lowest BCUT2D eigenvalue weighted by atomic mass is 9.79. The summed E-state index contributed by atoms with van der Waals surface area (Å²) in [5, 5.41) is 0. The maximum Gasteiger partial charge on any atom is 0.355 e. The normalized spacial score (nSPS) is 19.0. The zero-order valence-corrected chi connectivity index (χ0v) is 32.3. The van der Waals surface area contributed by atoms with Crippen molar-refractivity contribution >= 4 is 50.0 Å². The quantitative estimate of drug-likeness (QED) is 0.0594. The molecule has 7 nitrogen and oxygen atoms in total. The van der Waals surface area contributed by atoms with Crippen LogP contribution in [-0.2, 0) is 30.2 Å². The number of carbonyl (C=O) groups is 3. The van der Waals surface area contributed by atoms with E-state index in [1.54, 1.807) is 23.8 Å². The van der Waals surface area contributed by atoms with Crippen LogP contribution in [0.5, 0.6) is 5.75 Å². The zero-order chi connectivity index (χ0) is 33.9. The minimum Gasteiger partial charge on any atom is -0.497 e. The third-order valence-electron chi connectivity index (χ3n) is 8.98. The molecule has 0 saturated carbocycles. The molecule has 1 fully saturated rings. The van der Waals surface area contributed by atoms with E-state index in [0.29, 0.717) is 11.2 Å². The topological polar surface area (TPSA) is 82.1 Å². The summed E-state index contributed by atoms with van der Waals surface area (Å²) in [6.45, 7) is 12.9. The molecule has 1 aromatic carbocycles. The van der Waals surface area contributed by atoms with Gasteiger partial charge in [-0.2, -0.15) is 11.8 Å². The van der Waals surface area contributed by atoms with Gasteiger partial charge in [0.25, 0.3) is 0 Å². The monoisotopic (exact) mass is 691 g/mol. The molecule has 0 aliphatic carbocycles. The second-order valence-corrected chi connectivity index (χ2v) is 23.3. The summed E-state index contributed by atoms with van der Waals surface area (Å²) in [5.74, 6) is 1.38. The molecule has 3 rings (SSSR count). The molecule has 1 amide bonds. The fourth-order valence-electron chi connectivity index (χ4n) is 6.59. The number of unbranched alkanes of at least 4 members (excludes halogenated alkanes) is 3. The number of nitrogens with zero attached hydrogens (tertiary/aromatic N) is 1. The third-order valence-corrected chi connectivity index (χ3v) is 15.8. The van der Waals surface area contributed by atoms with E-state index in [-0.39, 0.29) is 30.8 Å². The zero-order valence-electron chi connectivity index (χ0n) is 29.6. The summed E-state index contributed by atoms with van der Waals surface area (Å²) in [6, 6.07) is 7.08. The molecule has 0 unspecified atom stereocenters. The van der Waals surface area contributed by atoms with Crippen molar-refractivity contribution in [1.29, 1.82) is 0 Å². The number of thioether (sulfide) groups is 1. The molecule has 46 heavy (non-hydrogen) atoms. The van der Waals surface area contributed by atoms with Gasteiger partial charge in [0.2, 0.25) is 5.91 Å². The Morgan fingerprint density at radius 2 is 1.59 bits per heavy atom. The average molecular weight is 692 g/mol. The van der Waals surface area contributed by atoms with Crippen molar-refractivity contribution in [2.24, 2.45) is 5.92 Å². The molecule has 1 aromatic rings. The Balaban J connectivity index is 2.16. The maximum absolute atomic E-state index is 14.6. The highest BCUT2D eigenvalue weighted by molar-refractivity contribution is 7.99. The smallest absolute Gasteiger partial charge is 0.355 e. The molecule has 0 aromatic heterocycles. The van der Waals surface area contributed by atoms with E-state index in [0.717, 1.165) is 79.6 Å². The van der Waals surface area contributed by atoms with Crippen molar-refractivity contribution in [2.45, 2.75) is 111 Å². The average Bonchev–Trinajstić information content (AvgIpc) is 3.57. The van der Waals surface area contributed by atoms with Gasteiger partial charge < -0.3 is 18.8 Å². The lowest BCUT2D eigenvalue weighted by Gasteiger charge is -2.52. The van der Waals surface area contributed by atoms with Crippen LogP contribution in [0, 0.1) is 5.92 Å². The van der Waals surface area contributed by atoms with E-state index in [9.17, 15) is 14.4 Å². The van der Waals surface area contributed by atoms with Crippen LogP contribution in [-0.4, -0.2) is 85.5 Å². The fraction of sp³-hybridized carbons (Fsp3) is 0.667. The molecular formula is C36H58NO6PSSi. The summed E-state index contributed by atoms with van der Waals surface area (Å²) in [6.07, 6.45) is 10.6. The van der Waals surface area contributed by atoms with Crippen LogP contribution >= 0.6 is 18.6 Å². The summed E-state index contributed by atoms with van der Waals surface area (Å²) in [7, 11) is -0.355. The molecule has 2 heterocycles. The highest BCUT2D eigenvalue weighted by Crippen LogP contribution is 2.54. The van der Waals surface area contributed by atoms with Crippen LogP contribution in [0.4, 0.5) is 0 Å². The summed E-state index contributed by atoms with van der Waals surface area (Å²) < 4.78 is 17.9. The number of benzene rings is 1. The first-order chi connectivity index (χ1) is 21.9. The Kier molecular flexibility index (Phi) is 15.2. The standard InChI is InChI=1S/C36H58NO6PSSi/c1-9-12-20-44(21-13-10-2,22-14-11-3)35(36(40)42-25-28-15-17-30(41-5)18-16-28)37-31(24-32(38)29-19-23-45-26-29)33(34(37)39)27(4)43-46(6,7)8/h15-19,27,31,33H,9-14,20-26H2,1-8H3/t27-,31-,33-/m1/s1. The lowest BCUT2D eigenvalue weighted by molar-refractivity contribution is -0.158. The summed E-state index contributed by atoms with van der Waals surface area (Å²) in [4.78, 5) is 44.5. The van der Waals surface area contributed by atoms with E-state index in [4.69, 9.17) is 13.9 Å². The van der Waals surface area contributed by atoms with Crippen molar-refractivity contribution in [3.8, 4) is 5.75 Å². The Morgan fingerprint density at radius 3 is 2.07 bits per heavy atom. The van der Waals surface area contributed by atoms with Crippen LogP contribution in [0.1, 0.15) is 78.2 Å². The largest absolute Gasteiger partial charge is 0.497 e. The Morgan fingerprint density at radius 1 is 1.00 bits per heavy atom. The molecule has 0 bridgehead atoms. The minimum atomic E-state index is -2.14. The predicted molar refractivity (Wildman–Crippen MR) is 197 cm³/mol. The van der Waals surface area contributed by atoms with Gasteiger partial charge in [0.1, 0.15) is 17.8 Å². The number of carbonyl (C=O) groups excluding carboxylic acids is 3. The van der Waals surface area contributed by atoms with Gasteiger partial charge in [0.15, 0.2) is 14.1 Å². The van der Waals surface area contributed by atoms with Crippen LogP contribution in [0.25, 0.3) is 0 Å². The minimum absolute atomic E-state index is 0.0725. The number of ketones is 1. The van der Waals surface area contributed by atoms with E-state index < -0.39 is 33.1 Å². The molecule has 3 atom stereocenters. The van der Waals surface area contributed by atoms with Gasteiger partial charge in [-0.1, -0.05) is 65.1 Å². The van der Waals surface area contributed by atoms with Gasteiger partial charge in [-0.15, -0.1) is 0 Å². The molecule has 0 N–H and O–H groups in total. The first-order valence-electron chi connectivity index (χ1n) is 17.3. The second kappa shape index (κ2) is 18.1. The van der Waals surface area contributed by atoms with Gasteiger partial charge in [-0.05, 0) is 82.0 Å². The van der Waals surface area contributed by atoms with Gasteiger partial charge in [0.05, 0.1) is 25.2 Å². The Hall–Kier alpha value is -1.80. The van der Waals surface area contributed by atoms with Crippen molar-refractivity contribution in [2.75, 3.05) is 37.1 Å². The van der Waals surface area contributed by atoms with Gasteiger partial charge in [-0.25, -0.2) is 4.79 Å².